The first-order chi connectivity index (χ1) is 12.7. The minimum atomic E-state index is 0.107. The molecule has 1 aliphatic rings. The van der Waals surface area contributed by atoms with Crippen LogP contribution < -0.4 is 0 Å². The van der Waals surface area contributed by atoms with E-state index in [0.29, 0.717) is 18.0 Å². The van der Waals surface area contributed by atoms with Crippen LogP contribution in [0.1, 0.15) is 12.5 Å². The van der Waals surface area contributed by atoms with Gasteiger partial charge in [0, 0.05) is 21.9 Å². The molecule has 0 aliphatic carbocycles. The lowest BCUT2D eigenvalue weighted by atomic mass is 10.1. The zero-order valence-electron chi connectivity index (χ0n) is 14.2. The number of hydrogen-bond donors (Lipinski definition) is 2. The highest BCUT2D eigenvalue weighted by Gasteiger charge is 2.19. The van der Waals surface area contributed by atoms with E-state index < -0.39 is 0 Å². The number of rotatable bonds is 2. The van der Waals surface area contributed by atoms with Crippen LogP contribution in [0.5, 0.6) is 5.88 Å². The fourth-order valence-corrected chi connectivity index (χ4v) is 3.42. The normalized spacial score (nSPS) is 16.8. The predicted molar refractivity (Wildman–Crippen MR) is 103 cm³/mol. The summed E-state index contributed by atoms with van der Waals surface area (Å²) in [5.74, 6) is 0.765. The number of H-pyrrole nitrogens is 1. The lowest BCUT2D eigenvalue weighted by Gasteiger charge is -2.06. The van der Waals surface area contributed by atoms with Crippen LogP contribution in [0.2, 0.25) is 0 Å². The number of aromatic nitrogens is 2. The number of pyridine rings is 1. The molecule has 128 valence electrons. The Bertz CT molecular complexity index is 1180. The van der Waals surface area contributed by atoms with Gasteiger partial charge in [0.15, 0.2) is 5.88 Å². The molecule has 0 saturated carbocycles. The molecule has 0 radical (unpaired) electrons. The van der Waals surface area contributed by atoms with Gasteiger partial charge in [0.05, 0.1) is 23.3 Å². The van der Waals surface area contributed by atoms with Crippen LogP contribution in [0.25, 0.3) is 33.1 Å². The maximum absolute atomic E-state index is 10.5. The molecule has 0 spiro atoms. The number of hydrogen-bond acceptors (Lipinski definition) is 4. The lowest BCUT2D eigenvalue weighted by molar-refractivity contribution is 0.246. The minimum Gasteiger partial charge on any atom is -0.494 e. The van der Waals surface area contributed by atoms with Crippen LogP contribution in [0.15, 0.2) is 59.6 Å². The summed E-state index contributed by atoms with van der Waals surface area (Å²) >= 11 is 0. The van der Waals surface area contributed by atoms with Crippen LogP contribution in [0.4, 0.5) is 0 Å². The number of aromatic hydroxyl groups is 1. The molecular formula is C21H17N3O2. The van der Waals surface area contributed by atoms with E-state index in [9.17, 15) is 5.11 Å². The molecule has 2 aromatic heterocycles. The fourth-order valence-electron chi connectivity index (χ4n) is 3.42. The second-order valence-corrected chi connectivity index (χ2v) is 6.57. The summed E-state index contributed by atoms with van der Waals surface area (Å²) in [6.07, 6.45) is 0.107. The highest BCUT2D eigenvalue weighted by molar-refractivity contribution is 6.04. The third-order valence-electron chi connectivity index (χ3n) is 4.69. The molecule has 1 unspecified atom stereocenters. The lowest BCUT2D eigenvalue weighted by Crippen LogP contribution is -2.08. The molecule has 5 heteroatoms. The van der Waals surface area contributed by atoms with Crippen LogP contribution in [-0.2, 0) is 4.74 Å². The Kier molecular flexibility index (Phi) is 3.22. The monoisotopic (exact) mass is 343 g/mol. The van der Waals surface area contributed by atoms with E-state index in [4.69, 9.17) is 9.72 Å². The van der Waals surface area contributed by atoms with Crippen molar-refractivity contribution in [2.45, 2.75) is 13.0 Å². The van der Waals surface area contributed by atoms with E-state index in [1.54, 1.807) is 0 Å². The smallest absolute Gasteiger partial charge is 0.216 e. The Morgan fingerprint density at radius 1 is 1.12 bits per heavy atom. The molecule has 0 saturated heterocycles. The highest BCUT2D eigenvalue weighted by Crippen LogP contribution is 2.36. The number of benzene rings is 2. The average molecular weight is 343 g/mol. The van der Waals surface area contributed by atoms with Crippen molar-refractivity contribution in [2.24, 2.45) is 4.99 Å². The number of nitrogens with one attached hydrogen (secondary N) is 1. The molecule has 3 heterocycles. The van der Waals surface area contributed by atoms with Crippen LogP contribution in [0.3, 0.4) is 0 Å². The molecule has 2 aromatic carbocycles. The van der Waals surface area contributed by atoms with Crippen molar-refractivity contribution in [2.75, 3.05) is 6.54 Å². The van der Waals surface area contributed by atoms with Gasteiger partial charge in [-0.2, -0.15) is 0 Å². The number of nitrogens with zero attached hydrogens (tertiary/aromatic N) is 2. The van der Waals surface area contributed by atoms with E-state index in [2.05, 4.69) is 9.98 Å². The summed E-state index contributed by atoms with van der Waals surface area (Å²) in [5, 5.41) is 12.5. The second kappa shape index (κ2) is 5.59. The van der Waals surface area contributed by atoms with Crippen molar-refractivity contribution in [3.63, 3.8) is 0 Å². The first-order valence-corrected chi connectivity index (χ1v) is 8.61. The zero-order chi connectivity index (χ0) is 17.7. The fraction of sp³-hybridized carbons (Fsp3) is 0.143. The first-order valence-electron chi connectivity index (χ1n) is 8.61. The highest BCUT2D eigenvalue weighted by atomic mass is 16.5. The third kappa shape index (κ3) is 2.32. The van der Waals surface area contributed by atoms with Gasteiger partial charge in [-0.1, -0.05) is 30.3 Å². The van der Waals surface area contributed by atoms with E-state index in [1.165, 1.54) is 0 Å². The Balaban J connectivity index is 1.64. The molecule has 0 amide bonds. The average Bonchev–Trinajstić information content (AvgIpc) is 3.23. The van der Waals surface area contributed by atoms with Gasteiger partial charge in [-0.3, -0.25) is 0 Å². The minimum absolute atomic E-state index is 0.107. The molecule has 4 aromatic rings. The number of para-hydroxylation sites is 1. The van der Waals surface area contributed by atoms with E-state index in [0.717, 1.165) is 33.1 Å². The molecule has 0 bridgehead atoms. The summed E-state index contributed by atoms with van der Waals surface area (Å²) in [6, 6.07) is 17.8. The summed E-state index contributed by atoms with van der Waals surface area (Å²) < 4.78 is 5.73. The first kappa shape index (κ1) is 15.0. The molecule has 26 heavy (non-hydrogen) atoms. The van der Waals surface area contributed by atoms with Gasteiger partial charge in [-0.05, 0) is 31.2 Å². The Morgan fingerprint density at radius 2 is 2.00 bits per heavy atom. The molecule has 2 N–H and O–H groups in total. The largest absolute Gasteiger partial charge is 0.494 e. The van der Waals surface area contributed by atoms with Crippen molar-refractivity contribution in [1.82, 2.24) is 9.97 Å². The SMILES string of the molecule is CC1CN=C(c2ccc3c(-c4ccc5ccccc5n4)c(O)[nH]c3c2)O1. The number of fused-ring (bicyclic) bond motifs is 2. The molecule has 1 aliphatic heterocycles. The van der Waals surface area contributed by atoms with Gasteiger partial charge in [0.25, 0.3) is 0 Å². The topological polar surface area (TPSA) is 70.5 Å². The summed E-state index contributed by atoms with van der Waals surface area (Å²) in [4.78, 5) is 12.2. The Hall–Kier alpha value is -3.34. The second-order valence-electron chi connectivity index (χ2n) is 6.57. The van der Waals surface area contributed by atoms with Gasteiger partial charge in [0.1, 0.15) is 6.10 Å². The zero-order valence-corrected chi connectivity index (χ0v) is 14.2. The maximum atomic E-state index is 10.5. The number of aromatic amines is 1. The van der Waals surface area contributed by atoms with Gasteiger partial charge in [-0.25, -0.2) is 9.98 Å². The Labute approximate surface area is 150 Å². The van der Waals surface area contributed by atoms with Crippen molar-refractivity contribution in [3.05, 3.63) is 60.2 Å². The number of ether oxygens (including phenoxy) is 1. The van der Waals surface area contributed by atoms with Crippen molar-refractivity contribution in [3.8, 4) is 17.1 Å². The third-order valence-corrected chi connectivity index (χ3v) is 4.69. The Morgan fingerprint density at radius 3 is 2.85 bits per heavy atom. The standard InChI is InChI=1S/C21H17N3O2/c1-12-11-22-21(26-12)14-6-8-15-18(10-14)24-20(25)19(15)17-9-7-13-4-2-3-5-16(13)23-17/h2-10,12,24-25H,11H2,1H3. The summed E-state index contributed by atoms with van der Waals surface area (Å²) in [5.41, 5.74) is 4.08. The van der Waals surface area contributed by atoms with Gasteiger partial charge in [-0.15, -0.1) is 0 Å². The number of aliphatic imine (C=N–C) groups is 1. The van der Waals surface area contributed by atoms with Gasteiger partial charge >= 0.3 is 0 Å². The molecule has 5 rings (SSSR count). The van der Waals surface area contributed by atoms with E-state index in [-0.39, 0.29) is 12.0 Å². The summed E-state index contributed by atoms with van der Waals surface area (Å²) in [7, 11) is 0. The van der Waals surface area contributed by atoms with E-state index >= 15 is 0 Å². The molecular weight excluding hydrogens is 326 g/mol. The van der Waals surface area contributed by atoms with Crippen molar-refractivity contribution < 1.29 is 9.84 Å². The molecule has 5 nitrogen and oxygen atoms in total. The van der Waals surface area contributed by atoms with Crippen LogP contribution in [-0.4, -0.2) is 33.6 Å². The van der Waals surface area contributed by atoms with Crippen molar-refractivity contribution >= 4 is 27.7 Å². The summed E-state index contributed by atoms with van der Waals surface area (Å²) in [6.45, 7) is 2.68. The maximum Gasteiger partial charge on any atom is 0.216 e. The van der Waals surface area contributed by atoms with Gasteiger partial charge < -0.3 is 14.8 Å². The quantitative estimate of drug-likeness (QED) is 0.571. The van der Waals surface area contributed by atoms with Crippen LogP contribution in [0, 0.1) is 0 Å². The van der Waals surface area contributed by atoms with Crippen LogP contribution >= 0.6 is 0 Å². The van der Waals surface area contributed by atoms with Crippen molar-refractivity contribution in [1.29, 1.82) is 0 Å². The van der Waals surface area contributed by atoms with Gasteiger partial charge in [0.2, 0.25) is 5.90 Å². The van der Waals surface area contributed by atoms with E-state index in [1.807, 2.05) is 61.5 Å². The predicted octanol–water partition coefficient (Wildman–Crippen LogP) is 4.25. The molecule has 0 fully saturated rings. The molecule has 1 atom stereocenters.